The number of fused-ring (bicyclic) bond motifs is 7. The molecule has 0 aliphatic heterocycles. The Morgan fingerprint density at radius 1 is 0.794 bits per heavy atom. The Hall–Kier alpha value is -3.69. The van der Waals surface area contributed by atoms with E-state index in [1.165, 1.54) is 0 Å². The lowest BCUT2D eigenvalue weighted by molar-refractivity contribution is -0.261. The zero-order valence-corrected chi connectivity index (χ0v) is 40.3. The van der Waals surface area contributed by atoms with Crippen molar-refractivity contribution in [2.75, 3.05) is 0 Å². The van der Waals surface area contributed by atoms with Crippen molar-refractivity contribution in [1.29, 1.82) is 0 Å². The molecule has 10 heteroatoms. The normalized spacial score (nSPS) is 39.4. The highest BCUT2D eigenvalue weighted by Crippen LogP contribution is 2.79. The average Bonchev–Trinajstić information content (AvgIpc) is 3.89. The fourth-order valence-corrected chi connectivity index (χ4v) is 16.3. The molecule has 0 unspecified atom stereocenters. The molecular formula is C53H76N2O8. The number of amides is 2. The molecule has 0 heterocycles. The Morgan fingerprint density at radius 3 is 2.03 bits per heavy atom. The van der Waals surface area contributed by atoms with Crippen LogP contribution in [0.15, 0.2) is 41.5 Å². The van der Waals surface area contributed by atoms with Crippen LogP contribution in [-0.4, -0.2) is 51.5 Å². The molecule has 7 aliphatic carbocycles. The fourth-order valence-electron chi connectivity index (χ4n) is 16.3. The van der Waals surface area contributed by atoms with E-state index in [0.29, 0.717) is 37.5 Å². The zero-order valence-electron chi connectivity index (χ0n) is 40.3. The van der Waals surface area contributed by atoms with Crippen LogP contribution in [0.5, 0.6) is 0 Å². The Kier molecular flexibility index (Phi) is 10.7. The van der Waals surface area contributed by atoms with Gasteiger partial charge in [-0.25, -0.2) is 4.79 Å². The average molecular weight is 869 g/mol. The van der Waals surface area contributed by atoms with Gasteiger partial charge in [-0.3, -0.25) is 19.2 Å². The molecule has 6 saturated carbocycles. The molecule has 1 aromatic rings. The lowest BCUT2D eigenvalue weighted by Crippen LogP contribution is -2.71. The van der Waals surface area contributed by atoms with Gasteiger partial charge in [-0.05, 0) is 165 Å². The Labute approximate surface area is 376 Å². The molecule has 0 aromatic heterocycles. The van der Waals surface area contributed by atoms with Gasteiger partial charge < -0.3 is 25.2 Å². The predicted molar refractivity (Wildman–Crippen MR) is 241 cm³/mol. The van der Waals surface area contributed by atoms with Crippen molar-refractivity contribution >= 4 is 29.7 Å². The molecule has 10 nitrogen and oxygen atoms in total. The third-order valence-electron chi connectivity index (χ3n) is 19.8. The molecular weight excluding hydrogens is 793 g/mol. The van der Waals surface area contributed by atoms with Gasteiger partial charge in [0.1, 0.15) is 17.7 Å². The van der Waals surface area contributed by atoms with Crippen LogP contribution in [0.25, 0.3) is 0 Å². The molecule has 7 aliphatic rings. The number of ketones is 1. The summed E-state index contributed by atoms with van der Waals surface area (Å²) >= 11 is 0. The van der Waals surface area contributed by atoms with E-state index in [0.717, 1.165) is 61.7 Å². The maximum absolute atomic E-state index is 14.4. The summed E-state index contributed by atoms with van der Waals surface area (Å²) in [6.45, 7) is 26.0. The fraction of sp³-hybridized carbons (Fsp3) is 0.755. The van der Waals surface area contributed by atoms with Crippen molar-refractivity contribution in [3.63, 3.8) is 0 Å². The van der Waals surface area contributed by atoms with E-state index in [4.69, 9.17) is 9.47 Å². The summed E-state index contributed by atoms with van der Waals surface area (Å²) in [7, 11) is 0. The Balaban J connectivity index is 1.05. The van der Waals surface area contributed by atoms with Crippen molar-refractivity contribution in [1.82, 2.24) is 10.6 Å². The van der Waals surface area contributed by atoms with Gasteiger partial charge in [0.15, 0.2) is 5.78 Å². The van der Waals surface area contributed by atoms with Crippen molar-refractivity contribution < 1.29 is 38.6 Å². The van der Waals surface area contributed by atoms with E-state index < -0.39 is 45.5 Å². The molecule has 8 rings (SSSR count). The summed E-state index contributed by atoms with van der Waals surface area (Å²) in [6, 6.07) is 9.63. The number of carbonyl (C=O) groups is 5. The van der Waals surface area contributed by atoms with E-state index in [9.17, 15) is 29.1 Å². The van der Waals surface area contributed by atoms with E-state index in [-0.39, 0.29) is 70.1 Å². The maximum atomic E-state index is 14.4. The summed E-state index contributed by atoms with van der Waals surface area (Å²) in [5.41, 5.74) is -1.89. The quantitative estimate of drug-likeness (QED) is 0.208. The second kappa shape index (κ2) is 14.7. The number of benzene rings is 1. The number of aliphatic carboxylic acids is 1. The van der Waals surface area contributed by atoms with Gasteiger partial charge in [-0.1, -0.05) is 92.6 Å². The Bertz CT molecular complexity index is 2110. The number of hydrogen-bond acceptors (Lipinski definition) is 7. The molecule has 0 spiro atoms. The Morgan fingerprint density at radius 2 is 1.44 bits per heavy atom. The van der Waals surface area contributed by atoms with Crippen LogP contribution in [0.2, 0.25) is 0 Å². The molecule has 346 valence electrons. The monoisotopic (exact) mass is 869 g/mol. The van der Waals surface area contributed by atoms with Crippen molar-refractivity contribution in [3.8, 4) is 0 Å². The van der Waals surface area contributed by atoms with Crippen LogP contribution in [-0.2, 0) is 35.3 Å². The highest BCUT2D eigenvalue weighted by atomic mass is 16.6. The van der Waals surface area contributed by atoms with E-state index >= 15 is 0 Å². The minimum atomic E-state index is -1.05. The molecule has 10 atom stereocenters. The molecule has 0 radical (unpaired) electrons. The molecule has 3 N–H and O–H groups in total. The number of rotatable bonds is 9. The second-order valence-corrected chi connectivity index (χ2v) is 24.7. The highest BCUT2D eigenvalue weighted by Gasteiger charge is 2.76. The molecule has 6 fully saturated rings. The number of Topliss-reactive ketones (excluding diaryl/α,β-unsaturated/α-hetero) is 1. The van der Waals surface area contributed by atoms with Gasteiger partial charge in [-0.2, -0.15) is 0 Å². The van der Waals surface area contributed by atoms with Gasteiger partial charge in [-0.15, -0.1) is 0 Å². The van der Waals surface area contributed by atoms with Crippen LogP contribution >= 0.6 is 0 Å². The largest absolute Gasteiger partial charge is 0.481 e. The maximum Gasteiger partial charge on any atom is 0.408 e. The van der Waals surface area contributed by atoms with Crippen LogP contribution in [0.3, 0.4) is 0 Å². The second-order valence-electron chi connectivity index (χ2n) is 24.7. The third-order valence-corrected chi connectivity index (χ3v) is 19.8. The number of ether oxygens (including phenoxy) is 2. The van der Waals surface area contributed by atoms with Crippen LogP contribution < -0.4 is 10.6 Å². The van der Waals surface area contributed by atoms with Crippen LogP contribution in [0.4, 0.5) is 4.79 Å². The summed E-state index contributed by atoms with van der Waals surface area (Å²) in [5, 5.41) is 17.7. The molecule has 0 saturated heterocycles. The van der Waals surface area contributed by atoms with Crippen molar-refractivity contribution in [3.05, 3.63) is 47.0 Å². The summed E-state index contributed by atoms with van der Waals surface area (Å²) in [4.78, 5) is 69.0. The highest BCUT2D eigenvalue weighted by molar-refractivity contribution is 6.03. The minimum Gasteiger partial charge on any atom is -0.481 e. The number of allylic oxidation sites excluding steroid dienone is 1. The van der Waals surface area contributed by atoms with Crippen LogP contribution in [0, 0.1) is 68.0 Å². The number of alkyl carbamates (subject to hydrolysis) is 1. The molecule has 63 heavy (non-hydrogen) atoms. The first-order valence-electron chi connectivity index (χ1n) is 24.2. The third kappa shape index (κ3) is 6.60. The van der Waals surface area contributed by atoms with Crippen molar-refractivity contribution in [2.45, 2.75) is 183 Å². The van der Waals surface area contributed by atoms with E-state index in [1.807, 2.05) is 44.2 Å². The smallest absolute Gasteiger partial charge is 0.408 e. The molecule has 1 aromatic carbocycles. The lowest BCUT2D eigenvalue weighted by Gasteiger charge is -2.74. The number of carboxylic acid groups (broad SMARTS) is 1. The van der Waals surface area contributed by atoms with Gasteiger partial charge in [0, 0.05) is 6.42 Å². The van der Waals surface area contributed by atoms with Crippen LogP contribution in [0.1, 0.15) is 166 Å². The first-order valence-corrected chi connectivity index (χ1v) is 24.2. The molecule has 2 amide bonds. The first kappa shape index (κ1) is 45.9. The van der Waals surface area contributed by atoms with Gasteiger partial charge in [0.25, 0.3) is 0 Å². The van der Waals surface area contributed by atoms with E-state index in [1.54, 1.807) is 20.8 Å². The number of carbonyl (C=O) groups excluding carboxylic acids is 4. The van der Waals surface area contributed by atoms with Gasteiger partial charge in [0.2, 0.25) is 5.91 Å². The minimum absolute atomic E-state index is 0.0147. The summed E-state index contributed by atoms with van der Waals surface area (Å²) in [5.74, 6) is -0.939. The first-order chi connectivity index (χ1) is 29.2. The number of nitrogens with one attached hydrogen (secondary N) is 2. The SMILES string of the molecule is CC(C)C1=C2[C@H]3CC[C@@H]4[C@]5(C)CC[C@H]([C@]6(C(=O)O)C[C@H](C(=O)OCc7ccccc7)C6(C)C)C(C)(C)[C@H]5CC[C@@]4(C)[C@]3(C)CC[C@@]2(NC(=O)C2(NC(=O)OC(C)(C)C)CC2)CC1=O. The van der Waals surface area contributed by atoms with Gasteiger partial charge in [0.05, 0.1) is 16.9 Å². The van der Waals surface area contributed by atoms with Gasteiger partial charge >= 0.3 is 18.0 Å². The predicted octanol–water partition coefficient (Wildman–Crippen LogP) is 10.4. The van der Waals surface area contributed by atoms with E-state index in [2.05, 4.69) is 59.1 Å². The number of hydrogen-bond donors (Lipinski definition) is 3. The number of esters is 1. The topological polar surface area (TPSA) is 148 Å². The molecule has 0 bridgehead atoms. The standard InChI is InChI=1S/C53H76N2O8/c1-31(2)39-35(56)29-52(54-42(58)51(26-27-51)55-44(61)63-45(3,4)5)25-24-49(11)33(40(39)52)18-19-38-48(10)22-20-37(46(6,7)36(48)21-23-50(38,49)12)53(43(59)60)28-34(47(53,8)9)41(57)62-30-32-16-14-13-15-17-32/h13-17,31,33-34,36-38H,18-30H2,1-12H3,(H,54,58)(H,55,61)(H,59,60)/t33-,34-,36-,37+,38-,48-,49-,50-,52-,53+/m1/s1. The summed E-state index contributed by atoms with van der Waals surface area (Å²) < 4.78 is 11.4. The lowest BCUT2D eigenvalue weighted by atomic mass is 9.30. The number of carboxylic acids is 1. The van der Waals surface area contributed by atoms with Crippen molar-refractivity contribution in [2.24, 2.45) is 68.0 Å². The summed E-state index contributed by atoms with van der Waals surface area (Å²) in [6.07, 6.45) is 8.24. The zero-order chi connectivity index (χ0) is 46.1.